The molecule has 0 bridgehead atoms. The van der Waals surface area contributed by atoms with E-state index in [-0.39, 0.29) is 12.0 Å². The molecule has 2 amide bonds. The Kier molecular flexibility index (Phi) is 6.08. The number of benzene rings is 1. The Morgan fingerprint density at radius 1 is 1.11 bits per heavy atom. The monoisotopic (exact) mass is 383 g/mol. The van der Waals surface area contributed by atoms with E-state index in [1.165, 1.54) is 0 Å². The first kappa shape index (κ1) is 19.6. The zero-order valence-corrected chi connectivity index (χ0v) is 16.4. The van der Waals surface area contributed by atoms with Crippen LogP contribution in [0.5, 0.6) is 0 Å². The molecule has 2 aromatic rings. The minimum absolute atomic E-state index is 0.272. The highest BCUT2D eigenvalue weighted by molar-refractivity contribution is 6.03. The normalized spacial score (nSPS) is 14.0. The SMILES string of the molecule is CCOC(=O)N1CCN(c2nc(C)cc(C(=O)Nc3ccccc3C)n2)CC1. The maximum Gasteiger partial charge on any atom is 0.409 e. The van der Waals surface area contributed by atoms with Crippen LogP contribution in [0.15, 0.2) is 30.3 Å². The van der Waals surface area contributed by atoms with Gasteiger partial charge in [-0.25, -0.2) is 14.8 Å². The Morgan fingerprint density at radius 2 is 1.82 bits per heavy atom. The van der Waals surface area contributed by atoms with Gasteiger partial charge in [-0.05, 0) is 38.5 Å². The quantitative estimate of drug-likeness (QED) is 0.873. The Hall–Kier alpha value is -3.16. The molecule has 28 heavy (non-hydrogen) atoms. The summed E-state index contributed by atoms with van der Waals surface area (Å²) in [4.78, 5) is 37.1. The van der Waals surface area contributed by atoms with Crippen LogP contribution in [0.25, 0.3) is 0 Å². The molecular formula is C20H25N5O3. The van der Waals surface area contributed by atoms with E-state index in [2.05, 4.69) is 15.3 Å². The predicted molar refractivity (Wildman–Crippen MR) is 107 cm³/mol. The fraction of sp³-hybridized carbons (Fsp3) is 0.400. The molecule has 0 aliphatic carbocycles. The van der Waals surface area contributed by atoms with Crippen LogP contribution in [0.4, 0.5) is 16.4 Å². The molecule has 0 saturated carbocycles. The summed E-state index contributed by atoms with van der Waals surface area (Å²) in [6.07, 6.45) is -0.300. The van der Waals surface area contributed by atoms with Crippen molar-refractivity contribution in [2.75, 3.05) is 43.0 Å². The smallest absolute Gasteiger partial charge is 0.409 e. The second-order valence-corrected chi connectivity index (χ2v) is 6.64. The summed E-state index contributed by atoms with van der Waals surface area (Å²) in [6, 6.07) is 9.27. The average molecular weight is 383 g/mol. The van der Waals surface area contributed by atoms with Crippen molar-refractivity contribution in [3.63, 3.8) is 0 Å². The summed E-state index contributed by atoms with van der Waals surface area (Å²) in [7, 11) is 0. The van der Waals surface area contributed by atoms with E-state index in [4.69, 9.17) is 4.74 Å². The van der Waals surface area contributed by atoms with Crippen molar-refractivity contribution in [2.45, 2.75) is 20.8 Å². The van der Waals surface area contributed by atoms with E-state index >= 15 is 0 Å². The fourth-order valence-electron chi connectivity index (χ4n) is 3.01. The van der Waals surface area contributed by atoms with Crippen LogP contribution < -0.4 is 10.2 Å². The zero-order valence-electron chi connectivity index (χ0n) is 16.4. The number of hydrogen-bond donors (Lipinski definition) is 1. The van der Waals surface area contributed by atoms with Gasteiger partial charge >= 0.3 is 6.09 Å². The maximum atomic E-state index is 12.7. The summed E-state index contributed by atoms with van der Waals surface area (Å²) in [5.41, 5.74) is 2.77. The molecule has 0 radical (unpaired) electrons. The molecule has 1 aliphatic heterocycles. The second kappa shape index (κ2) is 8.69. The lowest BCUT2D eigenvalue weighted by atomic mass is 10.2. The largest absolute Gasteiger partial charge is 0.450 e. The Morgan fingerprint density at radius 3 is 2.50 bits per heavy atom. The number of nitrogens with zero attached hydrogens (tertiary/aromatic N) is 4. The predicted octanol–water partition coefficient (Wildman–Crippen LogP) is 2.62. The number of carbonyl (C=O) groups is 2. The molecule has 0 atom stereocenters. The van der Waals surface area contributed by atoms with E-state index in [0.717, 1.165) is 11.3 Å². The molecule has 3 rings (SSSR count). The summed E-state index contributed by atoms with van der Waals surface area (Å²) in [5.74, 6) is 0.227. The van der Waals surface area contributed by atoms with E-state index in [0.29, 0.717) is 50.1 Å². The van der Waals surface area contributed by atoms with Crippen molar-refractivity contribution in [3.05, 3.63) is 47.3 Å². The zero-order chi connectivity index (χ0) is 20.1. The first-order valence-corrected chi connectivity index (χ1v) is 9.37. The lowest BCUT2D eigenvalue weighted by Crippen LogP contribution is -2.49. The van der Waals surface area contributed by atoms with E-state index in [1.54, 1.807) is 17.9 Å². The molecule has 8 nitrogen and oxygen atoms in total. The Labute approximate surface area is 164 Å². The van der Waals surface area contributed by atoms with Gasteiger partial charge in [-0.15, -0.1) is 0 Å². The summed E-state index contributed by atoms with van der Waals surface area (Å²) < 4.78 is 5.04. The molecule has 0 spiro atoms. The van der Waals surface area contributed by atoms with Gasteiger partial charge in [-0.1, -0.05) is 18.2 Å². The number of hydrogen-bond acceptors (Lipinski definition) is 6. The van der Waals surface area contributed by atoms with Crippen molar-refractivity contribution in [3.8, 4) is 0 Å². The van der Waals surface area contributed by atoms with Crippen LogP contribution in [-0.4, -0.2) is 59.7 Å². The van der Waals surface area contributed by atoms with Gasteiger partial charge < -0.3 is 19.9 Å². The van der Waals surface area contributed by atoms with Crippen LogP contribution in [0.1, 0.15) is 28.7 Å². The Balaban J connectivity index is 1.71. The summed E-state index contributed by atoms with van der Waals surface area (Å²) in [6.45, 7) is 8.15. The highest BCUT2D eigenvalue weighted by atomic mass is 16.6. The van der Waals surface area contributed by atoms with Gasteiger partial charge in [-0.3, -0.25) is 4.79 Å². The first-order chi connectivity index (χ1) is 13.5. The molecule has 1 aromatic carbocycles. The number of amides is 2. The van der Waals surface area contributed by atoms with E-state index in [9.17, 15) is 9.59 Å². The van der Waals surface area contributed by atoms with Gasteiger partial charge in [0.25, 0.3) is 5.91 Å². The van der Waals surface area contributed by atoms with Crippen molar-refractivity contribution in [1.29, 1.82) is 0 Å². The van der Waals surface area contributed by atoms with Crippen molar-refractivity contribution in [1.82, 2.24) is 14.9 Å². The fourth-order valence-corrected chi connectivity index (χ4v) is 3.01. The van der Waals surface area contributed by atoms with Crippen LogP contribution >= 0.6 is 0 Å². The molecule has 1 fully saturated rings. The molecule has 2 heterocycles. The van der Waals surface area contributed by atoms with E-state index < -0.39 is 0 Å². The van der Waals surface area contributed by atoms with Crippen LogP contribution in [-0.2, 0) is 4.74 Å². The molecule has 1 aromatic heterocycles. The number of anilines is 2. The minimum atomic E-state index is -0.300. The van der Waals surface area contributed by atoms with Gasteiger partial charge in [-0.2, -0.15) is 0 Å². The number of nitrogens with one attached hydrogen (secondary N) is 1. The van der Waals surface area contributed by atoms with Crippen LogP contribution in [0, 0.1) is 13.8 Å². The van der Waals surface area contributed by atoms with Crippen molar-refractivity contribution < 1.29 is 14.3 Å². The number of rotatable bonds is 4. The number of ether oxygens (including phenoxy) is 1. The number of aryl methyl sites for hydroxylation is 2. The molecule has 0 unspecified atom stereocenters. The number of aromatic nitrogens is 2. The molecular weight excluding hydrogens is 358 g/mol. The first-order valence-electron chi connectivity index (χ1n) is 9.37. The third-order valence-electron chi connectivity index (χ3n) is 4.56. The van der Waals surface area contributed by atoms with E-state index in [1.807, 2.05) is 43.0 Å². The number of carbonyl (C=O) groups excluding carboxylic acids is 2. The van der Waals surface area contributed by atoms with Gasteiger partial charge in [0.1, 0.15) is 5.69 Å². The van der Waals surface area contributed by atoms with Crippen LogP contribution in [0.2, 0.25) is 0 Å². The van der Waals surface area contributed by atoms with Gasteiger partial charge in [0.15, 0.2) is 0 Å². The van der Waals surface area contributed by atoms with Gasteiger partial charge in [0, 0.05) is 37.6 Å². The topological polar surface area (TPSA) is 87.7 Å². The minimum Gasteiger partial charge on any atom is -0.450 e. The third-order valence-corrected chi connectivity index (χ3v) is 4.56. The molecule has 8 heteroatoms. The third kappa shape index (κ3) is 4.57. The van der Waals surface area contributed by atoms with Gasteiger partial charge in [0.2, 0.25) is 5.95 Å². The molecule has 1 saturated heterocycles. The highest BCUT2D eigenvalue weighted by Crippen LogP contribution is 2.17. The number of para-hydroxylation sites is 1. The lowest BCUT2D eigenvalue weighted by Gasteiger charge is -2.34. The van der Waals surface area contributed by atoms with Gasteiger partial charge in [0.05, 0.1) is 6.61 Å². The maximum absolute atomic E-state index is 12.7. The average Bonchev–Trinajstić information content (AvgIpc) is 2.69. The second-order valence-electron chi connectivity index (χ2n) is 6.64. The molecule has 1 aliphatic rings. The van der Waals surface area contributed by atoms with Crippen molar-refractivity contribution in [2.24, 2.45) is 0 Å². The summed E-state index contributed by atoms with van der Waals surface area (Å²) in [5, 5.41) is 2.90. The highest BCUT2D eigenvalue weighted by Gasteiger charge is 2.24. The Bertz CT molecular complexity index is 863. The van der Waals surface area contributed by atoms with Crippen LogP contribution in [0.3, 0.4) is 0 Å². The number of piperazine rings is 1. The standard InChI is InChI=1S/C20H25N5O3/c1-4-28-20(27)25-11-9-24(10-12-25)19-21-15(3)13-17(23-19)18(26)22-16-8-6-5-7-14(16)2/h5-8,13H,4,9-12H2,1-3H3,(H,22,26). The van der Waals surface area contributed by atoms with Crippen molar-refractivity contribution >= 4 is 23.6 Å². The molecule has 1 N–H and O–H groups in total. The summed E-state index contributed by atoms with van der Waals surface area (Å²) >= 11 is 0. The lowest BCUT2D eigenvalue weighted by molar-refractivity contribution is 0.102. The molecule has 148 valence electrons.